The molecule has 12 nitrogen and oxygen atoms in total. The molecule has 13 atom stereocenters. The van der Waals surface area contributed by atoms with E-state index in [4.69, 9.17) is 18.9 Å². The SMILES string of the molecule is C[C@@H]1C/C=C/C=C/C=C/C=C/C(OC2O[C@H](C)[C@@H](O)[C@H](O)[C@@H]2O)C[C@@H]2O[C@@](O)(CC[C@H]2C(=O)O)C[C@@H](O)C[C@H]2C[C@@H]2/C=C/C(=O)O1. The average molecular weight is 649 g/mol. The number of esters is 1. The van der Waals surface area contributed by atoms with Crippen LogP contribution in [0, 0.1) is 17.8 Å². The lowest BCUT2D eigenvalue weighted by Crippen LogP contribution is -2.58. The van der Waals surface area contributed by atoms with E-state index in [-0.39, 0.29) is 43.6 Å². The molecule has 3 fully saturated rings. The molecule has 0 radical (unpaired) electrons. The van der Waals surface area contributed by atoms with Gasteiger partial charge in [-0.2, -0.15) is 0 Å². The number of rotatable bonds is 3. The number of ether oxygens (including phenoxy) is 4. The second kappa shape index (κ2) is 16.4. The number of allylic oxidation sites excluding steroid dienone is 7. The fourth-order valence-corrected chi connectivity index (χ4v) is 6.20. The maximum absolute atomic E-state index is 12.2. The van der Waals surface area contributed by atoms with Crippen LogP contribution in [0.1, 0.15) is 58.8 Å². The van der Waals surface area contributed by atoms with Crippen molar-refractivity contribution in [1.29, 1.82) is 0 Å². The van der Waals surface area contributed by atoms with E-state index < -0.39 is 72.7 Å². The van der Waals surface area contributed by atoms with Gasteiger partial charge in [0.1, 0.15) is 24.4 Å². The van der Waals surface area contributed by atoms with Crippen molar-refractivity contribution in [2.45, 2.75) is 120 Å². The number of carbonyl (C=O) groups excluding carboxylic acids is 1. The molecule has 256 valence electrons. The fourth-order valence-electron chi connectivity index (χ4n) is 6.20. The van der Waals surface area contributed by atoms with E-state index in [1.165, 1.54) is 13.0 Å². The Morgan fingerprint density at radius 2 is 1.65 bits per heavy atom. The minimum absolute atomic E-state index is 0.00643. The molecule has 2 saturated heterocycles. The van der Waals surface area contributed by atoms with Gasteiger partial charge < -0.3 is 49.6 Å². The second-order valence-corrected chi connectivity index (χ2v) is 12.9. The molecule has 3 heterocycles. The molecule has 4 rings (SSSR count). The summed E-state index contributed by atoms with van der Waals surface area (Å²) in [5.74, 6) is -4.07. The summed E-state index contributed by atoms with van der Waals surface area (Å²) in [6, 6.07) is 0. The van der Waals surface area contributed by atoms with E-state index in [1.807, 2.05) is 19.1 Å². The van der Waals surface area contributed by atoms with Crippen LogP contribution in [0.2, 0.25) is 0 Å². The van der Waals surface area contributed by atoms with Gasteiger partial charge in [-0.3, -0.25) is 4.79 Å². The molecule has 2 bridgehead atoms. The lowest BCUT2D eigenvalue weighted by Gasteiger charge is -2.43. The number of hydrogen-bond donors (Lipinski definition) is 6. The molecule has 3 aliphatic heterocycles. The van der Waals surface area contributed by atoms with Crippen molar-refractivity contribution >= 4 is 11.9 Å². The Morgan fingerprint density at radius 3 is 2.39 bits per heavy atom. The summed E-state index contributed by atoms with van der Waals surface area (Å²) in [4.78, 5) is 24.4. The number of hydrogen-bond acceptors (Lipinski definition) is 11. The topological polar surface area (TPSA) is 192 Å². The van der Waals surface area contributed by atoms with Crippen LogP contribution in [0.15, 0.2) is 60.8 Å². The Hall–Kier alpha value is -2.68. The van der Waals surface area contributed by atoms with Crippen LogP contribution in [-0.2, 0) is 28.5 Å². The number of fused-ring (bicyclic) bond motifs is 3. The summed E-state index contributed by atoms with van der Waals surface area (Å²) in [7, 11) is 0. The van der Waals surface area contributed by atoms with Crippen molar-refractivity contribution < 1.29 is 59.2 Å². The van der Waals surface area contributed by atoms with Crippen LogP contribution < -0.4 is 0 Å². The largest absolute Gasteiger partial charge is 0.481 e. The summed E-state index contributed by atoms with van der Waals surface area (Å²) in [6.45, 7) is 3.34. The molecule has 0 aromatic rings. The van der Waals surface area contributed by atoms with Crippen molar-refractivity contribution in [2.24, 2.45) is 17.8 Å². The lowest BCUT2D eigenvalue weighted by molar-refractivity contribution is -0.309. The van der Waals surface area contributed by atoms with Crippen LogP contribution in [0.25, 0.3) is 0 Å². The highest BCUT2D eigenvalue weighted by Gasteiger charge is 2.47. The first-order valence-electron chi connectivity index (χ1n) is 16.1. The van der Waals surface area contributed by atoms with Gasteiger partial charge in [0.15, 0.2) is 12.1 Å². The van der Waals surface area contributed by atoms with Gasteiger partial charge in [0.25, 0.3) is 0 Å². The normalized spacial score (nSPS) is 46.4. The van der Waals surface area contributed by atoms with Gasteiger partial charge in [-0.05, 0) is 44.9 Å². The van der Waals surface area contributed by atoms with E-state index in [0.29, 0.717) is 12.8 Å². The number of carboxylic acid groups (broad SMARTS) is 1. The van der Waals surface area contributed by atoms with Gasteiger partial charge >= 0.3 is 11.9 Å². The summed E-state index contributed by atoms with van der Waals surface area (Å²) in [5, 5.41) is 63.2. The predicted molar refractivity (Wildman–Crippen MR) is 165 cm³/mol. The van der Waals surface area contributed by atoms with Gasteiger partial charge in [0.2, 0.25) is 0 Å². The molecule has 1 aliphatic carbocycles. The molecule has 6 N–H and O–H groups in total. The molecule has 0 aromatic heterocycles. The van der Waals surface area contributed by atoms with Crippen molar-refractivity contribution in [3.8, 4) is 0 Å². The molecule has 0 spiro atoms. The Bertz CT molecular complexity index is 1180. The van der Waals surface area contributed by atoms with E-state index in [9.17, 15) is 40.2 Å². The highest BCUT2D eigenvalue weighted by molar-refractivity contribution is 5.82. The van der Waals surface area contributed by atoms with Crippen molar-refractivity contribution in [3.63, 3.8) is 0 Å². The molecular weight excluding hydrogens is 600 g/mol. The number of aliphatic hydroxyl groups is 5. The van der Waals surface area contributed by atoms with Crippen molar-refractivity contribution in [2.75, 3.05) is 0 Å². The number of carboxylic acids is 1. The zero-order valence-electron chi connectivity index (χ0n) is 26.3. The van der Waals surface area contributed by atoms with E-state index in [1.54, 1.807) is 42.5 Å². The summed E-state index contributed by atoms with van der Waals surface area (Å²) < 4.78 is 23.1. The first-order valence-corrected chi connectivity index (χ1v) is 16.1. The zero-order chi connectivity index (χ0) is 33.4. The Kier molecular flexibility index (Phi) is 12.9. The summed E-state index contributed by atoms with van der Waals surface area (Å²) in [6.07, 6.45) is 9.12. The minimum Gasteiger partial charge on any atom is -0.481 e. The third-order valence-electron chi connectivity index (χ3n) is 8.95. The predicted octanol–water partition coefficient (Wildman–Crippen LogP) is 2.05. The minimum atomic E-state index is -1.79. The Morgan fingerprint density at radius 1 is 0.935 bits per heavy atom. The van der Waals surface area contributed by atoms with Gasteiger partial charge in [-0.1, -0.05) is 54.7 Å². The number of carbonyl (C=O) groups is 2. The van der Waals surface area contributed by atoms with Crippen LogP contribution in [0.5, 0.6) is 0 Å². The third kappa shape index (κ3) is 10.4. The van der Waals surface area contributed by atoms with E-state index in [2.05, 4.69) is 0 Å². The van der Waals surface area contributed by atoms with E-state index in [0.717, 1.165) is 6.42 Å². The first-order chi connectivity index (χ1) is 21.8. The molecule has 4 aliphatic rings. The second-order valence-electron chi connectivity index (χ2n) is 12.9. The lowest BCUT2D eigenvalue weighted by atomic mass is 9.85. The number of aliphatic hydroxyl groups excluding tert-OH is 4. The standard InChI is InChI=1S/C34H48O12/c1-20-10-8-6-4-3-5-7-9-11-25(45-33-31(39)30(38)29(37)21(2)44-33)18-27-26(32(40)41)14-15-34(42,46-27)19-24(35)17-23-16-22(23)12-13-28(36)43-20/h3-9,11-13,20-27,29-31,33,35,37-39,42H,10,14-19H2,1-2H3,(H,40,41)/b4-3+,7-5+,8-6+,11-9+,13-12+/t20-,21-,22+,23-,24+,25?,26-,27+,29-,30+,31+,33?,34+/m1/s1. The Labute approximate surface area is 269 Å². The smallest absolute Gasteiger partial charge is 0.330 e. The monoisotopic (exact) mass is 648 g/mol. The van der Waals surface area contributed by atoms with Crippen LogP contribution in [0.4, 0.5) is 0 Å². The number of aliphatic carboxylic acids is 1. The van der Waals surface area contributed by atoms with E-state index >= 15 is 0 Å². The van der Waals surface area contributed by atoms with Crippen LogP contribution in [-0.4, -0.2) is 103 Å². The quantitative estimate of drug-likeness (QED) is 0.245. The highest BCUT2D eigenvalue weighted by atomic mass is 16.7. The maximum Gasteiger partial charge on any atom is 0.330 e. The van der Waals surface area contributed by atoms with Crippen molar-refractivity contribution in [3.05, 3.63) is 60.8 Å². The molecule has 0 aromatic carbocycles. The summed E-state index contributed by atoms with van der Waals surface area (Å²) >= 11 is 0. The van der Waals surface area contributed by atoms with Crippen LogP contribution in [0.3, 0.4) is 0 Å². The molecule has 0 amide bonds. The summed E-state index contributed by atoms with van der Waals surface area (Å²) in [5.41, 5.74) is 0. The fraction of sp³-hybridized carbons (Fsp3) is 0.647. The zero-order valence-corrected chi connectivity index (χ0v) is 26.3. The van der Waals surface area contributed by atoms with Gasteiger partial charge in [0, 0.05) is 31.8 Å². The molecular formula is C34H48O12. The van der Waals surface area contributed by atoms with Crippen molar-refractivity contribution in [1.82, 2.24) is 0 Å². The van der Waals surface area contributed by atoms with Crippen LogP contribution >= 0.6 is 0 Å². The van der Waals surface area contributed by atoms with Gasteiger partial charge in [-0.25, -0.2) is 4.79 Å². The Balaban J connectivity index is 1.55. The molecule has 46 heavy (non-hydrogen) atoms. The molecule has 1 saturated carbocycles. The average Bonchev–Trinajstić information content (AvgIpc) is 3.73. The number of cyclic esters (lactones) is 1. The molecule has 2 unspecified atom stereocenters. The highest BCUT2D eigenvalue weighted by Crippen LogP contribution is 2.45. The third-order valence-corrected chi connectivity index (χ3v) is 8.95. The first kappa shape index (κ1) is 36.2. The molecule has 12 heteroatoms. The van der Waals surface area contributed by atoms with Gasteiger partial charge in [-0.15, -0.1) is 0 Å². The maximum atomic E-state index is 12.2. The van der Waals surface area contributed by atoms with Gasteiger partial charge in [0.05, 0.1) is 30.3 Å².